The molecule has 1 heterocycles. The number of para-hydroxylation sites is 1. The van der Waals surface area contributed by atoms with Gasteiger partial charge in [-0.3, -0.25) is 19.6 Å². The Labute approximate surface area is 196 Å². The number of anilines is 1. The van der Waals surface area contributed by atoms with E-state index in [-0.39, 0.29) is 24.7 Å². The fourth-order valence-corrected chi connectivity index (χ4v) is 3.69. The average Bonchev–Trinajstić information content (AvgIpc) is 3.22. The van der Waals surface area contributed by atoms with Gasteiger partial charge in [0, 0.05) is 47.1 Å². The number of hydrogen-bond donors (Lipinski definition) is 5. The van der Waals surface area contributed by atoms with Crippen molar-refractivity contribution in [3.63, 3.8) is 0 Å². The molecule has 0 fully saturated rings. The van der Waals surface area contributed by atoms with Crippen molar-refractivity contribution < 1.29 is 19.6 Å². The zero-order valence-corrected chi connectivity index (χ0v) is 18.8. The molecule has 3 rings (SSSR count). The molecule has 174 valence electrons. The number of carbonyl (C=O) groups is 3. The number of aromatic amines is 1. The van der Waals surface area contributed by atoms with E-state index < -0.39 is 11.9 Å². The summed E-state index contributed by atoms with van der Waals surface area (Å²) in [7, 11) is 0. The number of H-pyrrole nitrogens is 1. The number of hydroxylamine groups is 1. The summed E-state index contributed by atoms with van der Waals surface area (Å²) in [4.78, 5) is 39.8. The number of fused-ring (bicyclic) bond motifs is 1. The van der Waals surface area contributed by atoms with E-state index in [1.54, 1.807) is 29.7 Å². The van der Waals surface area contributed by atoms with Crippen LogP contribution in [0.25, 0.3) is 10.9 Å². The van der Waals surface area contributed by atoms with E-state index in [2.05, 4.69) is 15.6 Å². The summed E-state index contributed by atoms with van der Waals surface area (Å²) < 4.78 is 0. The summed E-state index contributed by atoms with van der Waals surface area (Å²) >= 11 is 5.92. The molecule has 0 aliphatic heterocycles. The number of rotatable bonds is 11. The molecular weight excluding hydrogens is 444 g/mol. The van der Waals surface area contributed by atoms with Crippen LogP contribution in [-0.2, 0) is 20.8 Å². The molecule has 0 saturated carbocycles. The zero-order valence-electron chi connectivity index (χ0n) is 18.1. The molecule has 33 heavy (non-hydrogen) atoms. The molecule has 2 aromatic carbocycles. The maximum Gasteiger partial charge on any atom is 0.247 e. The Morgan fingerprint density at radius 1 is 0.939 bits per heavy atom. The zero-order chi connectivity index (χ0) is 23.6. The van der Waals surface area contributed by atoms with Gasteiger partial charge in [0.25, 0.3) is 0 Å². The highest BCUT2D eigenvalue weighted by atomic mass is 35.5. The monoisotopic (exact) mass is 470 g/mol. The van der Waals surface area contributed by atoms with Crippen molar-refractivity contribution in [1.82, 2.24) is 15.8 Å². The van der Waals surface area contributed by atoms with Gasteiger partial charge in [0.2, 0.25) is 17.7 Å². The predicted molar refractivity (Wildman–Crippen MR) is 127 cm³/mol. The van der Waals surface area contributed by atoms with Gasteiger partial charge in [-0.15, -0.1) is 0 Å². The van der Waals surface area contributed by atoms with E-state index >= 15 is 0 Å². The SMILES string of the molecule is O=C(CCCCCC(=O)NC(Cc1c[nH]c2ccccc12)C(=O)Nc1ccc(Cl)cc1)NO. The van der Waals surface area contributed by atoms with Crippen molar-refractivity contribution in [3.05, 3.63) is 65.3 Å². The highest BCUT2D eigenvalue weighted by Crippen LogP contribution is 2.20. The second kappa shape index (κ2) is 12.0. The van der Waals surface area contributed by atoms with Crippen molar-refractivity contribution in [2.45, 2.75) is 44.6 Å². The number of aromatic nitrogens is 1. The standard InChI is InChI=1S/C24H27ClN4O4/c25-17-10-12-18(13-11-17)27-24(32)21(14-16-15-26-20-7-5-4-6-19(16)20)28-22(30)8-2-1-3-9-23(31)29-33/h4-7,10-13,15,21,26,33H,1-3,8-9,14H2,(H,27,32)(H,28,30)(H,29,31). The van der Waals surface area contributed by atoms with Crippen LogP contribution in [0.1, 0.15) is 37.7 Å². The van der Waals surface area contributed by atoms with Crippen LogP contribution >= 0.6 is 11.6 Å². The lowest BCUT2D eigenvalue weighted by atomic mass is 10.0. The molecule has 1 aromatic heterocycles. The number of benzene rings is 2. The first-order valence-corrected chi connectivity index (χ1v) is 11.2. The smallest absolute Gasteiger partial charge is 0.247 e. The largest absolute Gasteiger partial charge is 0.361 e. The highest BCUT2D eigenvalue weighted by molar-refractivity contribution is 6.30. The quantitative estimate of drug-likeness (QED) is 0.165. The van der Waals surface area contributed by atoms with Gasteiger partial charge >= 0.3 is 0 Å². The molecule has 3 amide bonds. The van der Waals surface area contributed by atoms with Gasteiger partial charge in [-0.05, 0) is 48.7 Å². The van der Waals surface area contributed by atoms with Crippen molar-refractivity contribution in [1.29, 1.82) is 0 Å². The first kappa shape index (κ1) is 24.3. The van der Waals surface area contributed by atoms with Gasteiger partial charge in [0.1, 0.15) is 6.04 Å². The van der Waals surface area contributed by atoms with Gasteiger partial charge in [-0.1, -0.05) is 36.2 Å². The number of hydrogen-bond acceptors (Lipinski definition) is 4. The van der Waals surface area contributed by atoms with E-state index in [9.17, 15) is 14.4 Å². The van der Waals surface area contributed by atoms with E-state index in [0.717, 1.165) is 16.5 Å². The lowest BCUT2D eigenvalue weighted by molar-refractivity contribution is -0.129. The Hall–Kier alpha value is -3.36. The molecule has 0 saturated heterocycles. The van der Waals surface area contributed by atoms with E-state index in [1.807, 2.05) is 30.5 Å². The molecule has 0 bridgehead atoms. The van der Waals surface area contributed by atoms with Crippen molar-refractivity contribution in [2.24, 2.45) is 0 Å². The summed E-state index contributed by atoms with van der Waals surface area (Å²) in [6, 6.07) is 13.8. The van der Waals surface area contributed by atoms with Gasteiger partial charge < -0.3 is 15.6 Å². The molecule has 8 nitrogen and oxygen atoms in total. The Kier molecular flexibility index (Phi) is 8.86. The topological polar surface area (TPSA) is 123 Å². The summed E-state index contributed by atoms with van der Waals surface area (Å²) in [6.07, 6.45) is 4.41. The maximum atomic E-state index is 13.0. The molecule has 9 heteroatoms. The van der Waals surface area contributed by atoms with Gasteiger partial charge in [0.05, 0.1) is 0 Å². The third-order valence-electron chi connectivity index (χ3n) is 5.29. The average molecular weight is 471 g/mol. The fourth-order valence-electron chi connectivity index (χ4n) is 3.56. The molecule has 0 aliphatic carbocycles. The van der Waals surface area contributed by atoms with E-state index in [1.165, 1.54) is 0 Å². The van der Waals surface area contributed by atoms with Crippen LogP contribution in [0.4, 0.5) is 5.69 Å². The molecule has 0 spiro atoms. The fraction of sp³-hybridized carbons (Fsp3) is 0.292. The minimum absolute atomic E-state index is 0.199. The van der Waals surface area contributed by atoms with Crippen LogP contribution in [0.2, 0.25) is 5.02 Å². The molecule has 0 radical (unpaired) electrons. The van der Waals surface area contributed by atoms with Gasteiger partial charge in [0.15, 0.2) is 0 Å². The number of halogens is 1. The summed E-state index contributed by atoms with van der Waals surface area (Å²) in [5.74, 6) is -1.01. The van der Waals surface area contributed by atoms with Crippen molar-refractivity contribution >= 4 is 45.9 Å². The first-order chi connectivity index (χ1) is 16.0. The molecular formula is C24H27ClN4O4. The number of nitrogens with one attached hydrogen (secondary N) is 4. The van der Waals surface area contributed by atoms with Crippen LogP contribution in [0.5, 0.6) is 0 Å². The van der Waals surface area contributed by atoms with Crippen LogP contribution < -0.4 is 16.1 Å². The first-order valence-electron chi connectivity index (χ1n) is 10.8. The Bertz CT molecular complexity index is 1100. The van der Waals surface area contributed by atoms with Crippen molar-refractivity contribution in [2.75, 3.05) is 5.32 Å². The normalized spacial score (nSPS) is 11.7. The maximum absolute atomic E-state index is 13.0. The number of amides is 3. The highest BCUT2D eigenvalue weighted by Gasteiger charge is 2.22. The Balaban J connectivity index is 1.64. The second-order valence-corrected chi connectivity index (χ2v) is 8.21. The molecule has 0 aliphatic rings. The molecule has 1 atom stereocenters. The number of carbonyl (C=O) groups excluding carboxylic acids is 3. The molecule has 1 unspecified atom stereocenters. The lowest BCUT2D eigenvalue weighted by Crippen LogP contribution is -2.45. The minimum atomic E-state index is -0.771. The van der Waals surface area contributed by atoms with E-state index in [0.29, 0.717) is 36.4 Å². The third-order valence-corrected chi connectivity index (χ3v) is 5.55. The van der Waals surface area contributed by atoms with Crippen molar-refractivity contribution in [3.8, 4) is 0 Å². The minimum Gasteiger partial charge on any atom is -0.361 e. The summed E-state index contributed by atoms with van der Waals surface area (Å²) in [6.45, 7) is 0. The van der Waals surface area contributed by atoms with Crippen LogP contribution in [0.15, 0.2) is 54.7 Å². The van der Waals surface area contributed by atoms with Gasteiger partial charge in [-0.2, -0.15) is 0 Å². The van der Waals surface area contributed by atoms with Crippen LogP contribution in [-0.4, -0.2) is 34.0 Å². The van der Waals surface area contributed by atoms with Gasteiger partial charge in [-0.25, -0.2) is 5.48 Å². The second-order valence-electron chi connectivity index (χ2n) is 7.78. The van der Waals surface area contributed by atoms with Crippen LogP contribution in [0.3, 0.4) is 0 Å². The summed E-state index contributed by atoms with van der Waals surface area (Å²) in [5.41, 5.74) is 4.06. The number of unbranched alkanes of at least 4 members (excludes halogenated alkanes) is 2. The predicted octanol–water partition coefficient (Wildman–Crippen LogP) is 3.94. The Morgan fingerprint density at radius 2 is 1.64 bits per heavy atom. The Morgan fingerprint density at radius 3 is 2.36 bits per heavy atom. The lowest BCUT2D eigenvalue weighted by Gasteiger charge is -2.18. The third kappa shape index (κ3) is 7.34. The van der Waals surface area contributed by atoms with E-state index in [4.69, 9.17) is 16.8 Å². The van der Waals surface area contributed by atoms with Crippen LogP contribution in [0, 0.1) is 0 Å². The summed E-state index contributed by atoms with van der Waals surface area (Å²) in [5, 5.41) is 15.8. The molecule has 3 aromatic rings. The molecule has 5 N–H and O–H groups in total.